The van der Waals surface area contributed by atoms with E-state index in [1.165, 1.54) is 0 Å². The maximum absolute atomic E-state index is 12.0. The number of imide groups is 1. The van der Waals surface area contributed by atoms with Crippen LogP contribution in [0.25, 0.3) is 5.57 Å². The lowest BCUT2D eigenvalue weighted by Gasteiger charge is -2.18. The van der Waals surface area contributed by atoms with E-state index in [0.29, 0.717) is 23.2 Å². The Balaban J connectivity index is 1.81. The normalized spacial score (nSPS) is 15.4. The SMILES string of the molecule is O=C1NC(=O)c2ccccc2/C1=C/NCc1ccc(O)cc1. The first-order chi connectivity index (χ1) is 10.6. The largest absolute Gasteiger partial charge is 0.508 e. The minimum atomic E-state index is -0.415. The molecule has 3 N–H and O–H groups in total. The van der Waals surface area contributed by atoms with Crippen LogP contribution in [0.4, 0.5) is 0 Å². The number of rotatable bonds is 3. The average Bonchev–Trinajstić information content (AvgIpc) is 2.52. The summed E-state index contributed by atoms with van der Waals surface area (Å²) in [5, 5.41) is 14.6. The molecule has 2 aromatic rings. The molecule has 5 heteroatoms. The van der Waals surface area contributed by atoms with Gasteiger partial charge in [0.25, 0.3) is 11.8 Å². The van der Waals surface area contributed by atoms with Gasteiger partial charge in [0.15, 0.2) is 0 Å². The molecule has 5 nitrogen and oxygen atoms in total. The number of carbonyl (C=O) groups is 2. The van der Waals surface area contributed by atoms with Crippen LogP contribution < -0.4 is 10.6 Å². The first-order valence-electron chi connectivity index (χ1n) is 6.82. The predicted octanol–water partition coefficient (Wildman–Crippen LogP) is 1.79. The number of hydrogen-bond acceptors (Lipinski definition) is 4. The van der Waals surface area contributed by atoms with E-state index >= 15 is 0 Å². The Morgan fingerprint density at radius 3 is 2.36 bits per heavy atom. The Kier molecular flexibility index (Phi) is 3.62. The number of carbonyl (C=O) groups excluding carboxylic acids is 2. The summed E-state index contributed by atoms with van der Waals surface area (Å²) in [5.74, 6) is -0.584. The first-order valence-corrected chi connectivity index (χ1v) is 6.82. The second-order valence-electron chi connectivity index (χ2n) is 4.93. The minimum absolute atomic E-state index is 0.209. The molecular weight excluding hydrogens is 280 g/mol. The molecule has 110 valence electrons. The van der Waals surface area contributed by atoms with Crippen molar-refractivity contribution < 1.29 is 14.7 Å². The van der Waals surface area contributed by atoms with E-state index in [9.17, 15) is 14.7 Å². The molecule has 1 aliphatic heterocycles. The Hall–Kier alpha value is -3.08. The molecule has 0 saturated carbocycles. The number of benzene rings is 2. The van der Waals surface area contributed by atoms with Crippen molar-refractivity contribution in [1.82, 2.24) is 10.6 Å². The first kappa shape index (κ1) is 13.9. The molecule has 1 heterocycles. The van der Waals surface area contributed by atoms with Gasteiger partial charge in [0, 0.05) is 23.9 Å². The van der Waals surface area contributed by atoms with Crippen molar-refractivity contribution in [2.24, 2.45) is 0 Å². The summed E-state index contributed by atoms with van der Waals surface area (Å²) < 4.78 is 0. The zero-order valence-corrected chi connectivity index (χ0v) is 11.7. The zero-order valence-electron chi connectivity index (χ0n) is 11.7. The van der Waals surface area contributed by atoms with Crippen molar-refractivity contribution in [3.63, 3.8) is 0 Å². The van der Waals surface area contributed by atoms with Gasteiger partial charge in [-0.05, 0) is 23.8 Å². The third-order valence-electron chi connectivity index (χ3n) is 3.42. The van der Waals surface area contributed by atoms with Crippen LogP contribution in [0, 0.1) is 0 Å². The smallest absolute Gasteiger partial charge is 0.260 e. The Morgan fingerprint density at radius 1 is 0.955 bits per heavy atom. The van der Waals surface area contributed by atoms with Gasteiger partial charge in [0.2, 0.25) is 0 Å². The van der Waals surface area contributed by atoms with E-state index < -0.39 is 5.91 Å². The molecule has 0 aromatic heterocycles. The number of aromatic hydroxyl groups is 1. The van der Waals surface area contributed by atoms with Gasteiger partial charge < -0.3 is 10.4 Å². The number of fused-ring (bicyclic) bond motifs is 1. The molecule has 0 unspecified atom stereocenters. The molecule has 3 rings (SSSR count). The highest BCUT2D eigenvalue weighted by Crippen LogP contribution is 2.23. The molecule has 0 spiro atoms. The lowest BCUT2D eigenvalue weighted by molar-refractivity contribution is -0.114. The van der Waals surface area contributed by atoms with Crippen molar-refractivity contribution in [3.05, 3.63) is 71.4 Å². The minimum Gasteiger partial charge on any atom is -0.508 e. The number of phenolic OH excluding ortho intramolecular Hbond substituents is 1. The summed E-state index contributed by atoms with van der Waals surface area (Å²) in [6, 6.07) is 13.8. The lowest BCUT2D eigenvalue weighted by atomic mass is 9.96. The highest BCUT2D eigenvalue weighted by molar-refractivity contribution is 6.30. The van der Waals surface area contributed by atoms with Gasteiger partial charge in [-0.15, -0.1) is 0 Å². The summed E-state index contributed by atoms with van der Waals surface area (Å²) >= 11 is 0. The molecule has 2 aromatic carbocycles. The van der Waals surface area contributed by atoms with Gasteiger partial charge in [0.1, 0.15) is 5.75 Å². The topological polar surface area (TPSA) is 78.4 Å². The van der Waals surface area contributed by atoms with Crippen LogP contribution in [0.1, 0.15) is 21.5 Å². The fourth-order valence-corrected chi connectivity index (χ4v) is 2.30. The Labute approximate surface area is 127 Å². The van der Waals surface area contributed by atoms with E-state index in [-0.39, 0.29) is 11.7 Å². The van der Waals surface area contributed by atoms with E-state index in [2.05, 4.69) is 10.6 Å². The molecule has 22 heavy (non-hydrogen) atoms. The number of nitrogens with one attached hydrogen (secondary N) is 2. The second kappa shape index (κ2) is 5.73. The van der Waals surface area contributed by atoms with Gasteiger partial charge in [-0.25, -0.2) is 0 Å². The maximum atomic E-state index is 12.0. The quantitative estimate of drug-likeness (QED) is 0.596. The van der Waals surface area contributed by atoms with Crippen molar-refractivity contribution >= 4 is 17.4 Å². The molecule has 0 fully saturated rings. The van der Waals surface area contributed by atoms with Crippen LogP contribution in [-0.4, -0.2) is 16.9 Å². The van der Waals surface area contributed by atoms with E-state index in [1.807, 2.05) is 0 Å². The Bertz CT molecular complexity index is 764. The fourth-order valence-electron chi connectivity index (χ4n) is 2.30. The molecule has 0 saturated heterocycles. The molecule has 2 amide bonds. The number of amides is 2. The van der Waals surface area contributed by atoms with E-state index in [4.69, 9.17) is 0 Å². The zero-order chi connectivity index (χ0) is 15.5. The molecule has 0 radical (unpaired) electrons. The molecule has 0 atom stereocenters. The van der Waals surface area contributed by atoms with Crippen LogP contribution in [0.3, 0.4) is 0 Å². The van der Waals surface area contributed by atoms with Crippen LogP contribution in [-0.2, 0) is 11.3 Å². The lowest BCUT2D eigenvalue weighted by Crippen LogP contribution is -2.36. The van der Waals surface area contributed by atoms with Crippen molar-refractivity contribution in [1.29, 1.82) is 0 Å². The third kappa shape index (κ3) is 2.69. The molecule has 0 aliphatic carbocycles. The van der Waals surface area contributed by atoms with Crippen LogP contribution in [0.15, 0.2) is 54.7 Å². The second-order valence-corrected chi connectivity index (χ2v) is 4.93. The summed E-state index contributed by atoms with van der Waals surface area (Å²) in [4.78, 5) is 23.7. The Morgan fingerprint density at radius 2 is 1.64 bits per heavy atom. The van der Waals surface area contributed by atoms with Crippen LogP contribution in [0.2, 0.25) is 0 Å². The fraction of sp³-hybridized carbons (Fsp3) is 0.0588. The third-order valence-corrected chi connectivity index (χ3v) is 3.42. The standard InChI is InChI=1S/C17H14N2O3/c20-12-7-5-11(6-8-12)9-18-10-15-13-3-1-2-4-14(13)16(21)19-17(15)22/h1-8,10,18,20H,9H2,(H,19,21,22)/b15-10-. The van der Waals surface area contributed by atoms with Gasteiger partial charge in [-0.1, -0.05) is 30.3 Å². The molecule has 1 aliphatic rings. The van der Waals surface area contributed by atoms with Crippen molar-refractivity contribution in [3.8, 4) is 5.75 Å². The van der Waals surface area contributed by atoms with Crippen molar-refractivity contribution in [2.75, 3.05) is 0 Å². The highest BCUT2D eigenvalue weighted by Gasteiger charge is 2.26. The van der Waals surface area contributed by atoms with Crippen LogP contribution >= 0.6 is 0 Å². The van der Waals surface area contributed by atoms with Gasteiger partial charge >= 0.3 is 0 Å². The predicted molar refractivity (Wildman–Crippen MR) is 81.8 cm³/mol. The number of phenols is 1. The highest BCUT2D eigenvalue weighted by atomic mass is 16.3. The number of hydrogen-bond donors (Lipinski definition) is 3. The summed E-state index contributed by atoms with van der Waals surface area (Å²) in [5.41, 5.74) is 2.50. The van der Waals surface area contributed by atoms with Gasteiger partial charge in [-0.2, -0.15) is 0 Å². The van der Waals surface area contributed by atoms with E-state index in [0.717, 1.165) is 5.56 Å². The summed E-state index contributed by atoms with van der Waals surface area (Å²) in [7, 11) is 0. The van der Waals surface area contributed by atoms with Crippen molar-refractivity contribution in [2.45, 2.75) is 6.54 Å². The summed E-state index contributed by atoms with van der Waals surface area (Å²) in [6.07, 6.45) is 1.60. The monoisotopic (exact) mass is 294 g/mol. The molecular formula is C17H14N2O3. The van der Waals surface area contributed by atoms with Gasteiger partial charge in [0.05, 0.1) is 5.57 Å². The average molecular weight is 294 g/mol. The van der Waals surface area contributed by atoms with Gasteiger partial charge in [-0.3, -0.25) is 14.9 Å². The molecule has 0 bridgehead atoms. The maximum Gasteiger partial charge on any atom is 0.260 e. The van der Waals surface area contributed by atoms with Crippen LogP contribution in [0.5, 0.6) is 5.75 Å². The van der Waals surface area contributed by atoms with E-state index in [1.54, 1.807) is 54.7 Å². The summed E-state index contributed by atoms with van der Waals surface area (Å²) in [6.45, 7) is 0.507.